The number of rotatable bonds is 4. The van der Waals surface area contributed by atoms with Gasteiger partial charge in [0.05, 0.1) is 12.7 Å². The first-order valence-corrected chi connectivity index (χ1v) is 6.83. The summed E-state index contributed by atoms with van der Waals surface area (Å²) in [6.07, 6.45) is 1.54. The summed E-state index contributed by atoms with van der Waals surface area (Å²) in [4.78, 5) is 12.4. The summed E-state index contributed by atoms with van der Waals surface area (Å²) >= 11 is 0. The van der Waals surface area contributed by atoms with E-state index in [1.54, 1.807) is 17.9 Å². The summed E-state index contributed by atoms with van der Waals surface area (Å²) in [7, 11) is 1.75. The Morgan fingerprint density at radius 1 is 1.40 bits per heavy atom. The average Bonchev–Trinajstić information content (AvgIpc) is 2.73. The van der Waals surface area contributed by atoms with Gasteiger partial charge in [0.1, 0.15) is 5.39 Å². The summed E-state index contributed by atoms with van der Waals surface area (Å²) in [6, 6.07) is 0.147. The molecule has 2 rings (SSSR count). The first kappa shape index (κ1) is 14.6. The van der Waals surface area contributed by atoms with Gasteiger partial charge >= 0.3 is 0 Å². The highest BCUT2D eigenvalue weighted by molar-refractivity contribution is 5.72. The highest BCUT2D eigenvalue weighted by atomic mass is 16.1. The third-order valence-corrected chi connectivity index (χ3v) is 3.47. The molecule has 20 heavy (non-hydrogen) atoms. The molecule has 1 unspecified atom stereocenters. The second-order valence-electron chi connectivity index (χ2n) is 6.06. The van der Waals surface area contributed by atoms with Crippen LogP contribution in [-0.4, -0.2) is 37.4 Å². The molecule has 0 amide bonds. The fourth-order valence-corrected chi connectivity index (χ4v) is 2.16. The predicted octanol–water partition coefficient (Wildman–Crippen LogP) is 0.549. The van der Waals surface area contributed by atoms with Crippen molar-refractivity contribution in [3.05, 3.63) is 16.6 Å². The first-order valence-electron chi connectivity index (χ1n) is 6.83. The Morgan fingerprint density at radius 3 is 2.70 bits per heavy atom. The van der Waals surface area contributed by atoms with E-state index in [1.807, 2.05) is 0 Å². The van der Waals surface area contributed by atoms with Crippen LogP contribution >= 0.6 is 0 Å². The highest BCUT2D eigenvalue weighted by Gasteiger charge is 2.25. The molecule has 0 bridgehead atoms. The van der Waals surface area contributed by atoms with Gasteiger partial charge in [-0.3, -0.25) is 4.79 Å². The van der Waals surface area contributed by atoms with Gasteiger partial charge in [-0.2, -0.15) is 5.10 Å². The maximum absolute atomic E-state index is 12.4. The Hall–Kier alpha value is -1.76. The zero-order valence-electron chi connectivity index (χ0n) is 12.7. The maximum atomic E-state index is 12.4. The smallest absolute Gasteiger partial charge is 0.280 e. The average molecular weight is 278 g/mol. The number of nitrogens with zero attached hydrogens (tertiary/aromatic N) is 5. The topological polar surface area (TPSA) is 77.6 Å². The van der Waals surface area contributed by atoms with E-state index in [0.717, 1.165) is 6.54 Å². The van der Waals surface area contributed by atoms with E-state index in [2.05, 4.69) is 48.4 Å². The summed E-state index contributed by atoms with van der Waals surface area (Å²) < 4.78 is 2.97. The molecule has 0 aliphatic carbocycles. The second-order valence-corrected chi connectivity index (χ2v) is 6.06. The van der Waals surface area contributed by atoms with Crippen molar-refractivity contribution in [3.8, 4) is 0 Å². The summed E-state index contributed by atoms with van der Waals surface area (Å²) in [6.45, 7) is 9.81. The summed E-state index contributed by atoms with van der Waals surface area (Å²) in [5.74, 6) is 0. The Bertz CT molecular complexity index is 651. The van der Waals surface area contributed by atoms with E-state index in [-0.39, 0.29) is 17.0 Å². The molecule has 0 aliphatic heterocycles. The van der Waals surface area contributed by atoms with Crippen LogP contribution in [-0.2, 0) is 13.6 Å². The number of nitrogens with one attached hydrogen (secondary N) is 1. The molecule has 2 heterocycles. The Balaban J connectivity index is 2.38. The number of hydrogen-bond acceptors (Lipinski definition) is 5. The number of likely N-dealkylation sites (N-methyl/N-ethyl adjacent to an activating group) is 1. The second kappa shape index (κ2) is 5.32. The lowest BCUT2D eigenvalue weighted by Gasteiger charge is -2.31. The van der Waals surface area contributed by atoms with Crippen LogP contribution in [0.5, 0.6) is 0 Å². The number of fused-ring (bicyclic) bond motifs is 1. The minimum absolute atomic E-state index is 0.0288. The van der Waals surface area contributed by atoms with Crippen molar-refractivity contribution in [2.24, 2.45) is 12.5 Å². The maximum Gasteiger partial charge on any atom is 0.280 e. The Morgan fingerprint density at radius 2 is 2.10 bits per heavy atom. The molecule has 0 spiro atoms. The Labute approximate surface area is 118 Å². The van der Waals surface area contributed by atoms with Gasteiger partial charge in [0, 0.05) is 13.1 Å². The van der Waals surface area contributed by atoms with Crippen molar-refractivity contribution in [1.82, 2.24) is 30.1 Å². The molecule has 7 nitrogen and oxygen atoms in total. The van der Waals surface area contributed by atoms with Gasteiger partial charge in [0.25, 0.3) is 5.56 Å². The molecule has 110 valence electrons. The minimum Gasteiger partial charge on any atom is -0.312 e. The molecule has 0 aliphatic rings. The zero-order valence-corrected chi connectivity index (χ0v) is 12.7. The molecule has 1 atom stereocenters. The van der Waals surface area contributed by atoms with Gasteiger partial charge in [-0.25, -0.2) is 9.36 Å². The standard InChI is InChI=1S/C13H22N6O/c1-6-14-10(13(2,3)4)8-19-12(20)9-7-15-18(5)11(9)16-17-19/h7,10,14H,6,8H2,1-5H3. The third kappa shape index (κ3) is 2.72. The van der Waals surface area contributed by atoms with Crippen molar-refractivity contribution in [3.63, 3.8) is 0 Å². The first-order chi connectivity index (χ1) is 9.34. The van der Waals surface area contributed by atoms with Gasteiger partial charge in [-0.1, -0.05) is 32.9 Å². The van der Waals surface area contributed by atoms with E-state index >= 15 is 0 Å². The lowest BCUT2D eigenvalue weighted by atomic mass is 9.86. The molecular weight excluding hydrogens is 256 g/mol. The summed E-state index contributed by atoms with van der Waals surface area (Å²) in [5.41, 5.74) is 0.401. The van der Waals surface area contributed by atoms with Crippen LogP contribution in [0.25, 0.3) is 11.0 Å². The van der Waals surface area contributed by atoms with Crippen LogP contribution in [0, 0.1) is 5.41 Å². The van der Waals surface area contributed by atoms with E-state index in [4.69, 9.17) is 0 Å². The van der Waals surface area contributed by atoms with Crippen LogP contribution in [0.1, 0.15) is 27.7 Å². The van der Waals surface area contributed by atoms with Crippen molar-refractivity contribution in [2.45, 2.75) is 40.3 Å². The predicted molar refractivity (Wildman–Crippen MR) is 77.5 cm³/mol. The van der Waals surface area contributed by atoms with Gasteiger partial charge in [0.15, 0.2) is 5.65 Å². The normalized spacial score (nSPS) is 13.8. The number of aromatic nitrogens is 5. The van der Waals surface area contributed by atoms with E-state index in [9.17, 15) is 4.79 Å². The van der Waals surface area contributed by atoms with Gasteiger partial charge in [-0.05, 0) is 12.0 Å². The molecule has 2 aromatic rings. The molecular formula is C13H22N6O. The lowest BCUT2D eigenvalue weighted by Crippen LogP contribution is -2.45. The monoisotopic (exact) mass is 278 g/mol. The molecule has 0 saturated carbocycles. The molecule has 7 heteroatoms. The largest absolute Gasteiger partial charge is 0.312 e. The third-order valence-electron chi connectivity index (χ3n) is 3.47. The van der Waals surface area contributed by atoms with Crippen LogP contribution < -0.4 is 10.9 Å². The van der Waals surface area contributed by atoms with Crippen molar-refractivity contribution < 1.29 is 0 Å². The fourth-order valence-electron chi connectivity index (χ4n) is 2.16. The van der Waals surface area contributed by atoms with Crippen molar-refractivity contribution >= 4 is 11.0 Å². The molecule has 0 saturated heterocycles. The van der Waals surface area contributed by atoms with E-state index < -0.39 is 0 Å². The number of aryl methyl sites for hydroxylation is 1. The zero-order chi connectivity index (χ0) is 14.9. The van der Waals surface area contributed by atoms with Crippen LogP contribution in [0.15, 0.2) is 11.0 Å². The molecule has 0 radical (unpaired) electrons. The van der Waals surface area contributed by atoms with Gasteiger partial charge < -0.3 is 5.32 Å². The lowest BCUT2D eigenvalue weighted by molar-refractivity contribution is 0.234. The highest BCUT2D eigenvalue weighted by Crippen LogP contribution is 2.20. The summed E-state index contributed by atoms with van der Waals surface area (Å²) in [5, 5.41) is 16.1. The van der Waals surface area contributed by atoms with Crippen LogP contribution in [0.2, 0.25) is 0 Å². The molecule has 2 aromatic heterocycles. The van der Waals surface area contributed by atoms with E-state index in [0.29, 0.717) is 17.6 Å². The quantitative estimate of drug-likeness (QED) is 0.883. The van der Waals surface area contributed by atoms with Gasteiger partial charge in [0.2, 0.25) is 0 Å². The SMILES string of the molecule is CCNC(Cn1nnc2c(cnn2C)c1=O)C(C)(C)C. The van der Waals surface area contributed by atoms with Crippen molar-refractivity contribution in [2.75, 3.05) is 6.54 Å². The molecule has 1 N–H and O–H groups in total. The fraction of sp³-hybridized carbons (Fsp3) is 0.692. The Kier molecular flexibility index (Phi) is 3.89. The van der Waals surface area contributed by atoms with E-state index in [1.165, 1.54) is 4.68 Å². The van der Waals surface area contributed by atoms with Crippen LogP contribution in [0.4, 0.5) is 0 Å². The number of hydrogen-bond donors (Lipinski definition) is 1. The van der Waals surface area contributed by atoms with Gasteiger partial charge in [-0.15, -0.1) is 5.10 Å². The van der Waals surface area contributed by atoms with Crippen molar-refractivity contribution in [1.29, 1.82) is 0 Å². The van der Waals surface area contributed by atoms with Crippen LogP contribution in [0.3, 0.4) is 0 Å². The molecule has 0 fully saturated rings. The molecule has 0 aromatic carbocycles. The minimum atomic E-state index is -0.143.